The highest BCUT2D eigenvalue weighted by atomic mass is 32.2. The Balaban J connectivity index is 1.75. The van der Waals surface area contributed by atoms with Crippen molar-refractivity contribution in [3.8, 4) is 0 Å². The molecule has 0 saturated heterocycles. The molecule has 0 aromatic heterocycles. The molecule has 1 saturated carbocycles. The summed E-state index contributed by atoms with van der Waals surface area (Å²) < 4.78 is 49.9. The molecule has 1 fully saturated rings. The Morgan fingerprint density at radius 2 is 1.42 bits per heavy atom. The highest BCUT2D eigenvalue weighted by Gasteiger charge is 2.44. The quantitative estimate of drug-likeness (QED) is 0.804. The summed E-state index contributed by atoms with van der Waals surface area (Å²) in [4.78, 5) is -0.108. The normalized spacial score (nSPS) is 16.7. The lowest BCUT2D eigenvalue weighted by atomic mass is 9.96. The molecular formula is C16H18N2O4S2. The summed E-state index contributed by atoms with van der Waals surface area (Å²) in [7, 11) is -7.55. The van der Waals surface area contributed by atoms with Gasteiger partial charge < -0.3 is 0 Å². The molecule has 1 aliphatic carbocycles. The van der Waals surface area contributed by atoms with Crippen LogP contribution in [0.3, 0.4) is 0 Å². The first kappa shape index (κ1) is 17.1. The Kier molecular flexibility index (Phi) is 4.25. The number of sulfonamides is 2. The van der Waals surface area contributed by atoms with Gasteiger partial charge in [-0.1, -0.05) is 30.3 Å². The molecule has 0 spiro atoms. The van der Waals surface area contributed by atoms with Crippen molar-refractivity contribution >= 4 is 20.0 Å². The summed E-state index contributed by atoms with van der Waals surface area (Å²) in [6.07, 6.45) is 1.87. The molecule has 6 nitrogen and oxygen atoms in total. The fourth-order valence-electron chi connectivity index (χ4n) is 2.64. The van der Waals surface area contributed by atoms with Crippen molar-refractivity contribution in [2.24, 2.45) is 5.14 Å². The number of benzene rings is 2. The molecule has 0 bridgehead atoms. The molecule has 3 rings (SSSR count). The Hall–Kier alpha value is -1.74. The van der Waals surface area contributed by atoms with Gasteiger partial charge in [0.1, 0.15) is 0 Å². The fourth-order valence-corrected chi connectivity index (χ4v) is 4.28. The van der Waals surface area contributed by atoms with Crippen LogP contribution in [0.15, 0.2) is 64.4 Å². The number of nitrogens with one attached hydrogen (secondary N) is 1. The second-order valence-corrected chi connectivity index (χ2v) is 9.32. The van der Waals surface area contributed by atoms with E-state index in [9.17, 15) is 16.8 Å². The van der Waals surface area contributed by atoms with Crippen LogP contribution in [0.4, 0.5) is 0 Å². The van der Waals surface area contributed by atoms with Crippen LogP contribution in [-0.2, 0) is 25.5 Å². The van der Waals surface area contributed by atoms with Gasteiger partial charge in [0.25, 0.3) is 0 Å². The molecular weight excluding hydrogens is 348 g/mol. The van der Waals surface area contributed by atoms with Gasteiger partial charge in [-0.3, -0.25) is 0 Å². The van der Waals surface area contributed by atoms with E-state index in [0.717, 1.165) is 18.4 Å². The highest BCUT2D eigenvalue weighted by molar-refractivity contribution is 7.89. The lowest BCUT2D eigenvalue weighted by Crippen LogP contribution is -2.32. The number of hydrogen-bond acceptors (Lipinski definition) is 4. The van der Waals surface area contributed by atoms with E-state index in [4.69, 9.17) is 5.14 Å². The van der Waals surface area contributed by atoms with Gasteiger partial charge in [0.15, 0.2) is 0 Å². The van der Waals surface area contributed by atoms with Gasteiger partial charge >= 0.3 is 0 Å². The molecule has 0 heterocycles. The van der Waals surface area contributed by atoms with Crippen LogP contribution in [0.2, 0.25) is 0 Å². The van der Waals surface area contributed by atoms with E-state index in [1.165, 1.54) is 24.3 Å². The Labute approximate surface area is 141 Å². The summed E-state index contributed by atoms with van der Waals surface area (Å²) in [5, 5.41) is 5.01. The van der Waals surface area contributed by atoms with E-state index in [1.54, 1.807) is 0 Å². The van der Waals surface area contributed by atoms with Gasteiger partial charge in [0.2, 0.25) is 20.0 Å². The third-order valence-corrected chi connectivity index (χ3v) is 6.65. The van der Waals surface area contributed by atoms with Crippen molar-refractivity contribution in [3.63, 3.8) is 0 Å². The number of nitrogens with two attached hydrogens (primary N) is 1. The fraction of sp³-hybridized carbons (Fsp3) is 0.250. The van der Waals surface area contributed by atoms with Crippen LogP contribution in [0.5, 0.6) is 0 Å². The lowest BCUT2D eigenvalue weighted by molar-refractivity contribution is 0.566. The molecule has 2 aromatic carbocycles. The number of hydrogen-bond donors (Lipinski definition) is 2. The number of primary sulfonamides is 1. The lowest BCUT2D eigenvalue weighted by Gasteiger charge is -2.16. The van der Waals surface area contributed by atoms with Crippen molar-refractivity contribution in [1.82, 2.24) is 4.72 Å². The molecule has 1 aliphatic rings. The van der Waals surface area contributed by atoms with Gasteiger partial charge in [-0.25, -0.2) is 26.7 Å². The van der Waals surface area contributed by atoms with Crippen molar-refractivity contribution < 1.29 is 16.8 Å². The molecule has 128 valence electrons. The molecule has 0 aliphatic heterocycles. The average molecular weight is 366 g/mol. The smallest absolute Gasteiger partial charge is 0.225 e. The molecule has 8 heteroatoms. The second kappa shape index (κ2) is 5.96. The topological polar surface area (TPSA) is 106 Å². The van der Waals surface area contributed by atoms with Crippen molar-refractivity contribution in [2.75, 3.05) is 6.54 Å². The van der Waals surface area contributed by atoms with Crippen molar-refractivity contribution in [2.45, 2.75) is 28.0 Å². The van der Waals surface area contributed by atoms with E-state index in [-0.39, 0.29) is 15.2 Å². The van der Waals surface area contributed by atoms with E-state index < -0.39 is 20.0 Å². The summed E-state index contributed by atoms with van der Waals surface area (Å²) in [6, 6.07) is 14.7. The van der Waals surface area contributed by atoms with Crippen molar-refractivity contribution in [1.29, 1.82) is 0 Å². The zero-order chi connectivity index (χ0) is 17.4. The maximum absolute atomic E-state index is 12.4. The van der Waals surface area contributed by atoms with Gasteiger partial charge in [0.05, 0.1) is 9.79 Å². The van der Waals surface area contributed by atoms with E-state index in [1.807, 2.05) is 30.3 Å². The first-order chi connectivity index (χ1) is 11.2. The minimum Gasteiger partial charge on any atom is -0.225 e. The largest absolute Gasteiger partial charge is 0.240 e. The molecule has 0 amide bonds. The summed E-state index contributed by atoms with van der Waals surface area (Å²) >= 11 is 0. The maximum Gasteiger partial charge on any atom is 0.240 e. The van der Waals surface area contributed by atoms with Crippen LogP contribution in [0.25, 0.3) is 0 Å². The predicted molar refractivity (Wildman–Crippen MR) is 90.4 cm³/mol. The zero-order valence-corrected chi connectivity index (χ0v) is 14.5. The zero-order valence-electron chi connectivity index (χ0n) is 12.8. The van der Waals surface area contributed by atoms with E-state index >= 15 is 0 Å². The highest BCUT2D eigenvalue weighted by Crippen LogP contribution is 2.47. The molecule has 0 unspecified atom stereocenters. The van der Waals surface area contributed by atoms with E-state index in [2.05, 4.69) is 4.72 Å². The first-order valence-corrected chi connectivity index (χ1v) is 10.4. The number of rotatable bonds is 6. The third-order valence-electron chi connectivity index (χ3n) is 4.30. The van der Waals surface area contributed by atoms with Gasteiger partial charge in [-0.2, -0.15) is 0 Å². The van der Waals surface area contributed by atoms with Crippen LogP contribution < -0.4 is 9.86 Å². The third kappa shape index (κ3) is 3.51. The Morgan fingerprint density at radius 3 is 1.92 bits per heavy atom. The summed E-state index contributed by atoms with van der Waals surface area (Å²) in [5.74, 6) is 0. The first-order valence-electron chi connectivity index (χ1n) is 7.41. The molecule has 0 atom stereocenters. The van der Waals surface area contributed by atoms with Gasteiger partial charge in [0, 0.05) is 12.0 Å². The predicted octanol–water partition coefficient (Wildman–Crippen LogP) is 1.34. The molecule has 2 aromatic rings. The maximum atomic E-state index is 12.4. The minimum absolute atomic E-state index is 0.0127. The Bertz CT molecular complexity index is 933. The van der Waals surface area contributed by atoms with E-state index in [0.29, 0.717) is 6.54 Å². The SMILES string of the molecule is NS(=O)(=O)c1ccc(S(=O)(=O)NCC2(c3ccccc3)CC2)cc1. The van der Waals surface area contributed by atoms with Gasteiger partial charge in [-0.05, 0) is 42.7 Å². The van der Waals surface area contributed by atoms with Gasteiger partial charge in [-0.15, -0.1) is 0 Å². The monoisotopic (exact) mass is 366 g/mol. The Morgan fingerprint density at radius 1 is 0.875 bits per heavy atom. The van der Waals surface area contributed by atoms with Crippen LogP contribution >= 0.6 is 0 Å². The molecule has 24 heavy (non-hydrogen) atoms. The van der Waals surface area contributed by atoms with Crippen LogP contribution in [0.1, 0.15) is 18.4 Å². The molecule has 0 radical (unpaired) electrons. The second-order valence-electron chi connectivity index (χ2n) is 5.99. The standard InChI is InChI=1S/C16H18N2O4S2/c17-23(19,20)14-6-8-15(9-7-14)24(21,22)18-12-16(10-11-16)13-4-2-1-3-5-13/h1-9,18H,10-12H2,(H2,17,19,20). The summed E-state index contributed by atoms with van der Waals surface area (Å²) in [5.41, 5.74) is 0.978. The minimum atomic E-state index is -3.84. The average Bonchev–Trinajstić information content (AvgIpc) is 3.35. The van der Waals surface area contributed by atoms with Crippen molar-refractivity contribution in [3.05, 3.63) is 60.2 Å². The molecule has 3 N–H and O–H groups in total. The van der Waals surface area contributed by atoms with Crippen LogP contribution in [-0.4, -0.2) is 23.4 Å². The summed E-state index contributed by atoms with van der Waals surface area (Å²) in [6.45, 7) is 0.316. The van der Waals surface area contributed by atoms with Crippen LogP contribution in [0, 0.1) is 0 Å².